The minimum atomic E-state index is 0.901. The van der Waals surface area contributed by atoms with Crippen molar-refractivity contribution in [1.29, 1.82) is 0 Å². The second-order valence-electron chi connectivity index (χ2n) is 7.41. The maximum absolute atomic E-state index is 2.80. The van der Waals surface area contributed by atoms with E-state index in [1.54, 1.807) is 0 Å². The number of rotatable bonds is 3. The fraction of sp³-hybridized carbons (Fsp3) is 0.889. The molecule has 0 aromatic rings. The molecule has 2 heteroatoms. The van der Waals surface area contributed by atoms with Crippen molar-refractivity contribution in [3.63, 3.8) is 0 Å². The first-order chi connectivity index (χ1) is 9.81. The molecule has 1 saturated carbocycles. The summed E-state index contributed by atoms with van der Waals surface area (Å²) in [6.07, 6.45) is 14.6. The molecule has 1 saturated heterocycles. The lowest BCUT2D eigenvalue weighted by Crippen LogP contribution is -2.52. The summed E-state index contributed by atoms with van der Waals surface area (Å²) in [6, 6.07) is 0.901. The SMILES string of the molecule is C[C@H]1CCC[C@H](N2CCN(C[C@@H]3CC=CCC3)CC2)C1. The van der Waals surface area contributed by atoms with Gasteiger partial charge in [-0.1, -0.05) is 31.9 Å². The van der Waals surface area contributed by atoms with Crippen LogP contribution in [0.1, 0.15) is 51.9 Å². The first-order valence-electron chi connectivity index (χ1n) is 8.92. The summed E-state index contributed by atoms with van der Waals surface area (Å²) in [5.41, 5.74) is 0. The zero-order chi connectivity index (χ0) is 13.8. The van der Waals surface area contributed by atoms with Crippen LogP contribution in [-0.2, 0) is 0 Å². The van der Waals surface area contributed by atoms with Crippen LogP contribution in [0.15, 0.2) is 12.2 Å². The minimum Gasteiger partial charge on any atom is -0.301 e. The van der Waals surface area contributed by atoms with E-state index in [0.29, 0.717) is 0 Å². The Morgan fingerprint density at radius 3 is 2.55 bits per heavy atom. The molecule has 3 rings (SSSR count). The van der Waals surface area contributed by atoms with Gasteiger partial charge in [-0.15, -0.1) is 0 Å². The Hall–Kier alpha value is -0.340. The fourth-order valence-corrected chi connectivity index (χ4v) is 4.43. The van der Waals surface area contributed by atoms with Crippen molar-refractivity contribution in [2.24, 2.45) is 11.8 Å². The Morgan fingerprint density at radius 1 is 1.00 bits per heavy atom. The molecule has 3 atom stereocenters. The fourth-order valence-electron chi connectivity index (χ4n) is 4.43. The van der Waals surface area contributed by atoms with Crippen molar-refractivity contribution in [2.75, 3.05) is 32.7 Å². The van der Waals surface area contributed by atoms with Gasteiger partial charge in [0, 0.05) is 38.8 Å². The van der Waals surface area contributed by atoms with Crippen LogP contribution in [0.2, 0.25) is 0 Å². The van der Waals surface area contributed by atoms with Crippen molar-refractivity contribution in [1.82, 2.24) is 9.80 Å². The molecule has 1 aliphatic heterocycles. The standard InChI is InChI=1S/C18H32N2/c1-16-6-5-9-18(14-16)20-12-10-19(11-13-20)15-17-7-3-2-4-8-17/h2-3,16-18H,4-15H2,1H3/t16-,17+,18-/m0/s1. The van der Waals surface area contributed by atoms with Crippen LogP contribution in [0.25, 0.3) is 0 Å². The highest BCUT2D eigenvalue weighted by Gasteiger charge is 2.28. The van der Waals surface area contributed by atoms with Crippen LogP contribution in [0.4, 0.5) is 0 Å². The molecule has 0 aromatic heterocycles. The van der Waals surface area contributed by atoms with E-state index >= 15 is 0 Å². The van der Waals surface area contributed by atoms with Gasteiger partial charge in [0.15, 0.2) is 0 Å². The highest BCUT2D eigenvalue weighted by Crippen LogP contribution is 2.28. The quantitative estimate of drug-likeness (QED) is 0.728. The first kappa shape index (κ1) is 14.6. The van der Waals surface area contributed by atoms with Gasteiger partial charge in [0.1, 0.15) is 0 Å². The Labute approximate surface area is 125 Å². The highest BCUT2D eigenvalue weighted by atomic mass is 15.3. The van der Waals surface area contributed by atoms with Crippen LogP contribution in [-0.4, -0.2) is 48.6 Å². The zero-order valence-corrected chi connectivity index (χ0v) is 13.3. The summed E-state index contributed by atoms with van der Waals surface area (Å²) in [4.78, 5) is 5.53. The lowest BCUT2D eigenvalue weighted by atomic mass is 9.86. The van der Waals surface area contributed by atoms with Crippen LogP contribution >= 0.6 is 0 Å². The van der Waals surface area contributed by atoms with Gasteiger partial charge in [0.25, 0.3) is 0 Å². The predicted molar refractivity (Wildman–Crippen MR) is 85.9 cm³/mol. The molecule has 1 heterocycles. The number of nitrogens with zero attached hydrogens (tertiary/aromatic N) is 2. The van der Waals surface area contributed by atoms with E-state index in [1.165, 1.54) is 77.7 Å². The smallest absolute Gasteiger partial charge is 0.0113 e. The summed E-state index contributed by atoms with van der Waals surface area (Å²) in [7, 11) is 0. The summed E-state index contributed by atoms with van der Waals surface area (Å²) in [5.74, 6) is 1.89. The van der Waals surface area contributed by atoms with Gasteiger partial charge in [-0.05, 0) is 43.9 Å². The third-order valence-corrected chi connectivity index (χ3v) is 5.73. The maximum atomic E-state index is 2.80. The minimum absolute atomic E-state index is 0.901. The monoisotopic (exact) mass is 276 g/mol. The lowest BCUT2D eigenvalue weighted by Gasteiger charge is -2.42. The van der Waals surface area contributed by atoms with Gasteiger partial charge in [0.2, 0.25) is 0 Å². The summed E-state index contributed by atoms with van der Waals surface area (Å²) < 4.78 is 0. The molecular weight excluding hydrogens is 244 g/mol. The van der Waals surface area contributed by atoms with E-state index in [9.17, 15) is 0 Å². The van der Waals surface area contributed by atoms with Crippen molar-refractivity contribution in [2.45, 2.75) is 57.9 Å². The summed E-state index contributed by atoms with van der Waals surface area (Å²) in [6.45, 7) is 9.05. The molecule has 0 radical (unpaired) electrons. The number of allylic oxidation sites excluding steroid dienone is 2. The van der Waals surface area contributed by atoms with E-state index in [2.05, 4.69) is 28.9 Å². The van der Waals surface area contributed by atoms with Crippen molar-refractivity contribution in [3.8, 4) is 0 Å². The summed E-state index contributed by atoms with van der Waals surface area (Å²) in [5, 5.41) is 0. The molecule has 0 bridgehead atoms. The first-order valence-corrected chi connectivity index (χ1v) is 8.92. The van der Waals surface area contributed by atoms with Crippen molar-refractivity contribution in [3.05, 3.63) is 12.2 Å². The topological polar surface area (TPSA) is 6.48 Å². The Kier molecular flexibility index (Phi) is 5.17. The highest BCUT2D eigenvalue weighted by molar-refractivity contribution is 4.91. The van der Waals surface area contributed by atoms with Gasteiger partial charge >= 0.3 is 0 Å². The van der Waals surface area contributed by atoms with E-state index in [1.807, 2.05) is 0 Å². The van der Waals surface area contributed by atoms with Gasteiger partial charge in [-0.3, -0.25) is 4.90 Å². The van der Waals surface area contributed by atoms with Gasteiger partial charge in [-0.2, -0.15) is 0 Å². The molecule has 2 nitrogen and oxygen atoms in total. The second-order valence-corrected chi connectivity index (χ2v) is 7.41. The Balaban J connectivity index is 1.41. The van der Waals surface area contributed by atoms with Crippen LogP contribution in [0, 0.1) is 11.8 Å². The third-order valence-electron chi connectivity index (χ3n) is 5.73. The average molecular weight is 276 g/mol. The largest absolute Gasteiger partial charge is 0.301 e. The molecule has 0 unspecified atom stereocenters. The molecule has 20 heavy (non-hydrogen) atoms. The van der Waals surface area contributed by atoms with Gasteiger partial charge < -0.3 is 4.90 Å². The lowest BCUT2D eigenvalue weighted by molar-refractivity contribution is 0.0613. The molecular formula is C18H32N2. The molecule has 0 aromatic carbocycles. The molecule has 3 aliphatic rings. The average Bonchev–Trinajstić information content (AvgIpc) is 2.49. The Bertz CT molecular complexity index is 317. The third kappa shape index (κ3) is 3.85. The number of piperazine rings is 1. The van der Waals surface area contributed by atoms with Gasteiger partial charge in [0.05, 0.1) is 0 Å². The second kappa shape index (κ2) is 7.09. The molecule has 2 fully saturated rings. The molecule has 0 N–H and O–H groups in total. The maximum Gasteiger partial charge on any atom is 0.0113 e. The van der Waals surface area contributed by atoms with E-state index in [4.69, 9.17) is 0 Å². The van der Waals surface area contributed by atoms with Crippen molar-refractivity contribution >= 4 is 0 Å². The predicted octanol–water partition coefficient (Wildman–Crippen LogP) is 3.54. The number of hydrogen-bond acceptors (Lipinski definition) is 2. The van der Waals surface area contributed by atoms with E-state index in [-0.39, 0.29) is 0 Å². The normalized spacial score (nSPS) is 37.1. The van der Waals surface area contributed by atoms with Gasteiger partial charge in [-0.25, -0.2) is 0 Å². The van der Waals surface area contributed by atoms with E-state index in [0.717, 1.165) is 17.9 Å². The Morgan fingerprint density at radius 2 is 1.85 bits per heavy atom. The van der Waals surface area contributed by atoms with Crippen LogP contribution < -0.4 is 0 Å². The van der Waals surface area contributed by atoms with Crippen LogP contribution in [0.3, 0.4) is 0 Å². The number of hydrogen-bond donors (Lipinski definition) is 0. The molecule has 0 amide bonds. The molecule has 2 aliphatic carbocycles. The van der Waals surface area contributed by atoms with Crippen molar-refractivity contribution < 1.29 is 0 Å². The molecule has 114 valence electrons. The van der Waals surface area contributed by atoms with E-state index < -0.39 is 0 Å². The molecule has 0 spiro atoms. The zero-order valence-electron chi connectivity index (χ0n) is 13.3. The summed E-state index contributed by atoms with van der Waals surface area (Å²) >= 11 is 0. The van der Waals surface area contributed by atoms with Crippen LogP contribution in [0.5, 0.6) is 0 Å².